The van der Waals surface area contributed by atoms with Crippen LogP contribution in [0.25, 0.3) is 0 Å². The Bertz CT molecular complexity index is 941. The predicted octanol–water partition coefficient (Wildman–Crippen LogP) is 1.94. The van der Waals surface area contributed by atoms with E-state index in [4.69, 9.17) is 10.00 Å². The molecule has 8 nitrogen and oxygen atoms in total. The number of carbonyl (C=O) groups is 3. The normalized spacial score (nSPS) is 26.0. The lowest BCUT2D eigenvalue weighted by molar-refractivity contribution is -0.137. The average Bonchev–Trinajstić information content (AvgIpc) is 3.31. The van der Waals surface area contributed by atoms with Crippen LogP contribution in [0.1, 0.15) is 17.5 Å². The van der Waals surface area contributed by atoms with Gasteiger partial charge in [0.25, 0.3) is 5.91 Å². The third-order valence-electron chi connectivity index (χ3n) is 5.36. The average molecular weight is 394 g/mol. The molecule has 0 saturated carbocycles. The van der Waals surface area contributed by atoms with E-state index in [1.54, 1.807) is 0 Å². The Labute approximate surface area is 156 Å². The van der Waals surface area contributed by atoms with E-state index in [9.17, 15) is 27.6 Å². The number of likely N-dealkylation sites (tertiary alicyclic amines) is 1. The lowest BCUT2D eigenvalue weighted by Gasteiger charge is -2.33. The van der Waals surface area contributed by atoms with Crippen molar-refractivity contribution in [3.63, 3.8) is 0 Å². The zero-order chi connectivity index (χ0) is 20.4. The van der Waals surface area contributed by atoms with Crippen LogP contribution in [0.5, 0.6) is 0 Å². The van der Waals surface area contributed by atoms with Crippen LogP contribution in [0.2, 0.25) is 0 Å². The minimum Gasteiger partial charge on any atom is -0.453 e. The van der Waals surface area contributed by atoms with Gasteiger partial charge in [-0.05, 0) is 24.6 Å². The van der Waals surface area contributed by atoms with Gasteiger partial charge in [0.1, 0.15) is 6.04 Å². The highest BCUT2D eigenvalue weighted by atomic mass is 19.4. The number of nitriles is 1. The topological polar surface area (TPSA) is 94.0 Å². The smallest absolute Gasteiger partial charge is 0.417 e. The number of anilines is 1. The van der Waals surface area contributed by atoms with Crippen molar-refractivity contribution in [1.82, 2.24) is 9.80 Å². The lowest BCUT2D eigenvalue weighted by Crippen LogP contribution is -2.54. The lowest BCUT2D eigenvalue weighted by atomic mass is 10.1. The summed E-state index contributed by atoms with van der Waals surface area (Å²) in [4.78, 5) is 40.9. The van der Waals surface area contributed by atoms with E-state index in [1.807, 2.05) is 0 Å². The van der Waals surface area contributed by atoms with Crippen LogP contribution in [0.15, 0.2) is 18.2 Å². The number of methoxy groups -OCH3 is 1. The molecule has 0 radical (unpaired) electrons. The van der Waals surface area contributed by atoms with E-state index < -0.39 is 53.5 Å². The van der Waals surface area contributed by atoms with Gasteiger partial charge in [-0.2, -0.15) is 18.4 Å². The van der Waals surface area contributed by atoms with Crippen LogP contribution < -0.4 is 4.90 Å². The number of ether oxygens (including phenoxy) is 1. The fourth-order valence-electron chi connectivity index (χ4n) is 4.23. The van der Waals surface area contributed by atoms with E-state index in [-0.39, 0.29) is 12.2 Å². The molecule has 0 aromatic heterocycles. The van der Waals surface area contributed by atoms with Crippen molar-refractivity contribution in [2.45, 2.75) is 30.7 Å². The minimum atomic E-state index is -4.82. The van der Waals surface area contributed by atoms with Crippen molar-refractivity contribution in [3.05, 3.63) is 29.3 Å². The van der Waals surface area contributed by atoms with E-state index in [2.05, 4.69) is 0 Å². The second-order valence-electron chi connectivity index (χ2n) is 6.73. The van der Waals surface area contributed by atoms with Gasteiger partial charge in [-0.3, -0.25) is 4.79 Å². The molecule has 0 N–H and O–H groups in total. The first kappa shape index (κ1) is 18.1. The summed E-state index contributed by atoms with van der Waals surface area (Å²) in [6.07, 6.45) is -5.03. The van der Waals surface area contributed by atoms with Crippen molar-refractivity contribution < 1.29 is 32.3 Å². The number of piperazine rings is 1. The first-order valence-electron chi connectivity index (χ1n) is 8.31. The van der Waals surface area contributed by atoms with Gasteiger partial charge in [0.2, 0.25) is 0 Å². The summed E-state index contributed by atoms with van der Waals surface area (Å²) >= 11 is 0. The zero-order valence-corrected chi connectivity index (χ0v) is 14.4. The molecule has 0 aliphatic carbocycles. The zero-order valence-electron chi connectivity index (χ0n) is 14.4. The third-order valence-corrected chi connectivity index (χ3v) is 5.36. The molecule has 146 valence electrons. The molecule has 3 atom stereocenters. The molecule has 2 unspecified atom stereocenters. The van der Waals surface area contributed by atoms with Gasteiger partial charge >= 0.3 is 18.3 Å². The summed E-state index contributed by atoms with van der Waals surface area (Å²) in [5, 5.41) is 8.90. The van der Waals surface area contributed by atoms with Crippen LogP contribution in [-0.4, -0.2) is 59.6 Å². The number of rotatable bonds is 1. The minimum absolute atomic E-state index is 0.196. The fraction of sp³-hybridized carbons (Fsp3) is 0.412. The number of imide groups is 1. The van der Waals surface area contributed by atoms with Gasteiger partial charge in [0, 0.05) is 6.54 Å². The van der Waals surface area contributed by atoms with Crippen LogP contribution in [0.3, 0.4) is 0 Å². The molecule has 28 heavy (non-hydrogen) atoms. The van der Waals surface area contributed by atoms with Gasteiger partial charge in [0.15, 0.2) is 0 Å². The summed E-state index contributed by atoms with van der Waals surface area (Å²) in [6, 6.07) is 1.45. The molecule has 1 aromatic carbocycles. The molecule has 3 fully saturated rings. The number of carbonyl (C=O) groups excluding carboxylic acids is 3. The number of hydrogen-bond acceptors (Lipinski definition) is 5. The van der Waals surface area contributed by atoms with Crippen LogP contribution in [0.4, 0.5) is 28.4 Å². The highest BCUT2D eigenvalue weighted by Crippen LogP contribution is 2.43. The number of urea groups is 1. The van der Waals surface area contributed by atoms with Gasteiger partial charge in [0.05, 0.1) is 42.1 Å². The number of hydrogen-bond donors (Lipinski definition) is 0. The SMILES string of the molecule is COC(=O)N1CC2CC1[C@@H]1C(=O)N(c3ccc(C#N)c(C(F)(F)F)c3)C(=O)N21. The van der Waals surface area contributed by atoms with Gasteiger partial charge in [-0.25, -0.2) is 14.5 Å². The Morgan fingerprint density at radius 2 is 2.04 bits per heavy atom. The van der Waals surface area contributed by atoms with Crippen LogP contribution in [-0.2, 0) is 15.7 Å². The molecular formula is C17H13F3N4O4. The number of nitrogens with zero attached hydrogens (tertiary/aromatic N) is 4. The summed E-state index contributed by atoms with van der Waals surface area (Å²) < 4.78 is 44.4. The van der Waals surface area contributed by atoms with Crippen LogP contribution in [0, 0.1) is 11.3 Å². The summed E-state index contributed by atoms with van der Waals surface area (Å²) in [5.74, 6) is -0.705. The number of halogens is 3. The molecule has 4 amide bonds. The molecular weight excluding hydrogens is 381 g/mol. The van der Waals surface area contributed by atoms with Gasteiger partial charge in [-0.1, -0.05) is 0 Å². The fourth-order valence-corrected chi connectivity index (χ4v) is 4.23. The van der Waals surface area contributed by atoms with E-state index in [0.717, 1.165) is 12.1 Å². The highest BCUT2D eigenvalue weighted by molar-refractivity contribution is 6.22. The van der Waals surface area contributed by atoms with E-state index in [1.165, 1.54) is 23.0 Å². The molecule has 0 spiro atoms. The molecule has 3 saturated heterocycles. The van der Waals surface area contributed by atoms with Crippen molar-refractivity contribution in [2.24, 2.45) is 0 Å². The second kappa shape index (κ2) is 5.85. The Kier molecular flexibility index (Phi) is 3.78. The summed E-state index contributed by atoms with van der Waals surface area (Å²) in [7, 11) is 1.20. The van der Waals surface area contributed by atoms with Crippen molar-refractivity contribution >= 4 is 23.7 Å². The van der Waals surface area contributed by atoms with E-state index >= 15 is 0 Å². The Morgan fingerprint density at radius 1 is 1.32 bits per heavy atom. The second-order valence-corrected chi connectivity index (χ2v) is 6.73. The number of amides is 4. The maximum absolute atomic E-state index is 13.2. The largest absolute Gasteiger partial charge is 0.453 e. The van der Waals surface area contributed by atoms with Gasteiger partial charge in [-0.15, -0.1) is 0 Å². The highest BCUT2D eigenvalue weighted by Gasteiger charge is 2.63. The third kappa shape index (κ3) is 2.33. The molecule has 3 heterocycles. The monoisotopic (exact) mass is 394 g/mol. The maximum atomic E-state index is 13.2. The maximum Gasteiger partial charge on any atom is 0.417 e. The van der Waals surface area contributed by atoms with Crippen molar-refractivity contribution in [2.75, 3.05) is 18.6 Å². The number of alkyl halides is 3. The summed E-state index contributed by atoms with van der Waals surface area (Å²) in [6.45, 7) is 0.196. The molecule has 2 bridgehead atoms. The predicted molar refractivity (Wildman–Crippen MR) is 86.0 cm³/mol. The first-order valence-corrected chi connectivity index (χ1v) is 8.31. The molecule has 3 aliphatic rings. The first-order chi connectivity index (χ1) is 13.2. The van der Waals surface area contributed by atoms with E-state index in [0.29, 0.717) is 17.4 Å². The molecule has 4 rings (SSSR count). The Hall–Kier alpha value is -3.29. The Morgan fingerprint density at radius 3 is 2.64 bits per heavy atom. The van der Waals surface area contributed by atoms with Crippen molar-refractivity contribution in [3.8, 4) is 6.07 Å². The molecule has 1 aromatic rings. The van der Waals surface area contributed by atoms with Crippen molar-refractivity contribution in [1.29, 1.82) is 5.26 Å². The number of fused-ring (bicyclic) bond motifs is 5. The summed E-state index contributed by atoms with van der Waals surface area (Å²) in [5.41, 5.74) is -2.09. The quantitative estimate of drug-likeness (QED) is 0.679. The number of benzene rings is 1. The Balaban J connectivity index is 1.71. The standard InChI is InChI=1S/C17H13F3N4O4/c1-28-16(27)22-7-10-5-12(22)13-14(25)24(15(26)23(10)13)9-3-2-8(6-21)11(4-9)17(18,19)20/h2-4,10,12-13H,5,7H2,1H3/t10?,12?,13-/m1/s1. The van der Waals surface area contributed by atoms with Gasteiger partial charge < -0.3 is 14.5 Å². The molecule has 3 aliphatic heterocycles. The van der Waals surface area contributed by atoms with Crippen LogP contribution >= 0.6 is 0 Å². The molecule has 11 heteroatoms.